The van der Waals surface area contributed by atoms with Crippen molar-refractivity contribution >= 4 is 11.3 Å². The molecule has 2 heteroatoms. The molecular formula is C15H25NS. The SMILES string of the molecule is CCc1ccsc1CNCC1CCC(C)CC1. The van der Waals surface area contributed by atoms with Gasteiger partial charge in [0.15, 0.2) is 0 Å². The van der Waals surface area contributed by atoms with Gasteiger partial charge in [-0.15, -0.1) is 11.3 Å². The van der Waals surface area contributed by atoms with Gasteiger partial charge < -0.3 is 5.32 Å². The van der Waals surface area contributed by atoms with Crippen LogP contribution in [0.2, 0.25) is 0 Å². The van der Waals surface area contributed by atoms with Crippen molar-refractivity contribution in [2.45, 2.75) is 52.5 Å². The summed E-state index contributed by atoms with van der Waals surface area (Å²) in [5.74, 6) is 1.89. The minimum atomic E-state index is 0.927. The summed E-state index contributed by atoms with van der Waals surface area (Å²) >= 11 is 1.90. The summed E-state index contributed by atoms with van der Waals surface area (Å²) in [7, 11) is 0. The Morgan fingerprint density at radius 2 is 2.06 bits per heavy atom. The Hall–Kier alpha value is -0.340. The molecule has 1 aliphatic rings. The van der Waals surface area contributed by atoms with E-state index in [1.807, 2.05) is 11.3 Å². The predicted octanol–water partition coefficient (Wildman–Crippen LogP) is 4.23. The van der Waals surface area contributed by atoms with Crippen molar-refractivity contribution in [3.63, 3.8) is 0 Å². The topological polar surface area (TPSA) is 12.0 Å². The molecule has 2 rings (SSSR count). The summed E-state index contributed by atoms with van der Waals surface area (Å²) in [4.78, 5) is 1.54. The molecule has 17 heavy (non-hydrogen) atoms. The molecule has 1 aliphatic carbocycles. The molecule has 0 saturated heterocycles. The van der Waals surface area contributed by atoms with Gasteiger partial charge >= 0.3 is 0 Å². The van der Waals surface area contributed by atoms with Gasteiger partial charge in [-0.2, -0.15) is 0 Å². The lowest BCUT2D eigenvalue weighted by atomic mass is 9.83. The van der Waals surface area contributed by atoms with Crippen LogP contribution in [0.25, 0.3) is 0 Å². The third-order valence-corrected chi connectivity index (χ3v) is 5.04. The zero-order valence-electron chi connectivity index (χ0n) is 11.2. The van der Waals surface area contributed by atoms with Gasteiger partial charge in [-0.3, -0.25) is 0 Å². The fourth-order valence-corrected chi connectivity index (χ4v) is 3.71. The molecule has 0 spiro atoms. The fraction of sp³-hybridized carbons (Fsp3) is 0.733. The first-order valence-corrected chi connectivity index (χ1v) is 7.93. The number of thiophene rings is 1. The molecule has 0 unspecified atom stereocenters. The Kier molecular flexibility index (Phi) is 5.05. The molecule has 1 fully saturated rings. The second-order valence-electron chi connectivity index (χ2n) is 5.48. The molecule has 0 aliphatic heterocycles. The van der Waals surface area contributed by atoms with E-state index in [1.54, 1.807) is 0 Å². The molecular weight excluding hydrogens is 226 g/mol. The van der Waals surface area contributed by atoms with E-state index >= 15 is 0 Å². The zero-order chi connectivity index (χ0) is 12.1. The molecule has 1 aromatic rings. The quantitative estimate of drug-likeness (QED) is 0.826. The lowest BCUT2D eigenvalue weighted by Crippen LogP contribution is -2.25. The average Bonchev–Trinajstić information content (AvgIpc) is 2.79. The van der Waals surface area contributed by atoms with Crippen LogP contribution < -0.4 is 5.32 Å². The number of aryl methyl sites for hydroxylation is 1. The van der Waals surface area contributed by atoms with Crippen LogP contribution in [0.4, 0.5) is 0 Å². The molecule has 1 saturated carbocycles. The van der Waals surface area contributed by atoms with E-state index < -0.39 is 0 Å². The van der Waals surface area contributed by atoms with Crippen LogP contribution in [-0.4, -0.2) is 6.54 Å². The van der Waals surface area contributed by atoms with Crippen LogP contribution in [0.15, 0.2) is 11.4 Å². The lowest BCUT2D eigenvalue weighted by Gasteiger charge is -2.26. The Balaban J connectivity index is 1.69. The van der Waals surface area contributed by atoms with Crippen LogP contribution in [0.3, 0.4) is 0 Å². The second-order valence-corrected chi connectivity index (χ2v) is 6.48. The van der Waals surface area contributed by atoms with E-state index in [2.05, 4.69) is 30.6 Å². The predicted molar refractivity (Wildman–Crippen MR) is 76.5 cm³/mol. The Labute approximate surface area is 110 Å². The largest absolute Gasteiger partial charge is 0.312 e. The van der Waals surface area contributed by atoms with Crippen LogP contribution in [0.5, 0.6) is 0 Å². The summed E-state index contributed by atoms with van der Waals surface area (Å²) in [5.41, 5.74) is 1.53. The Morgan fingerprint density at radius 1 is 1.29 bits per heavy atom. The summed E-state index contributed by atoms with van der Waals surface area (Å²) in [6.45, 7) is 6.93. The normalized spacial score (nSPS) is 25.1. The van der Waals surface area contributed by atoms with E-state index in [-0.39, 0.29) is 0 Å². The number of rotatable bonds is 5. The van der Waals surface area contributed by atoms with E-state index in [0.29, 0.717) is 0 Å². The Bertz CT molecular complexity index is 323. The molecule has 0 radical (unpaired) electrons. The van der Waals surface area contributed by atoms with E-state index in [9.17, 15) is 0 Å². The van der Waals surface area contributed by atoms with Gasteiger partial charge in [0.05, 0.1) is 0 Å². The molecule has 0 bridgehead atoms. The maximum absolute atomic E-state index is 3.66. The van der Waals surface area contributed by atoms with Gasteiger partial charge in [-0.05, 0) is 54.7 Å². The second kappa shape index (κ2) is 6.55. The standard InChI is InChI=1S/C15H25NS/c1-3-14-8-9-17-15(14)11-16-10-13-6-4-12(2)5-7-13/h8-9,12-13,16H,3-7,10-11H2,1-2H3. The number of hydrogen-bond donors (Lipinski definition) is 1. The smallest absolute Gasteiger partial charge is 0.0302 e. The average molecular weight is 251 g/mol. The molecule has 0 aromatic carbocycles. The van der Waals surface area contributed by atoms with Crippen molar-refractivity contribution in [2.75, 3.05) is 6.54 Å². The van der Waals surface area contributed by atoms with E-state index in [1.165, 1.54) is 49.1 Å². The van der Waals surface area contributed by atoms with Gasteiger partial charge in [0.1, 0.15) is 0 Å². The molecule has 96 valence electrons. The summed E-state index contributed by atoms with van der Waals surface area (Å²) in [6, 6.07) is 2.27. The number of nitrogens with one attached hydrogen (secondary N) is 1. The molecule has 1 N–H and O–H groups in total. The molecule has 1 aromatic heterocycles. The van der Waals surface area contributed by atoms with Crippen LogP contribution in [0, 0.1) is 11.8 Å². The highest BCUT2D eigenvalue weighted by Crippen LogP contribution is 2.27. The van der Waals surface area contributed by atoms with Gasteiger partial charge in [-0.1, -0.05) is 26.7 Å². The minimum absolute atomic E-state index is 0.927. The van der Waals surface area contributed by atoms with Gasteiger partial charge in [0.25, 0.3) is 0 Å². The van der Waals surface area contributed by atoms with Crippen molar-refractivity contribution < 1.29 is 0 Å². The van der Waals surface area contributed by atoms with Gasteiger partial charge in [0, 0.05) is 11.4 Å². The number of hydrogen-bond acceptors (Lipinski definition) is 2. The van der Waals surface area contributed by atoms with Crippen molar-refractivity contribution in [1.82, 2.24) is 5.32 Å². The van der Waals surface area contributed by atoms with Crippen molar-refractivity contribution in [1.29, 1.82) is 0 Å². The van der Waals surface area contributed by atoms with Crippen molar-refractivity contribution in [3.05, 3.63) is 21.9 Å². The van der Waals surface area contributed by atoms with Crippen molar-refractivity contribution in [3.8, 4) is 0 Å². The molecule has 0 atom stereocenters. The van der Waals surface area contributed by atoms with E-state index in [4.69, 9.17) is 0 Å². The first kappa shape index (κ1) is 13.1. The summed E-state index contributed by atoms with van der Waals surface area (Å²) in [6.07, 6.45) is 6.90. The lowest BCUT2D eigenvalue weighted by molar-refractivity contribution is 0.281. The van der Waals surface area contributed by atoms with Gasteiger partial charge in [0.2, 0.25) is 0 Å². The fourth-order valence-electron chi connectivity index (χ4n) is 2.76. The molecule has 1 heterocycles. The minimum Gasteiger partial charge on any atom is -0.312 e. The van der Waals surface area contributed by atoms with Crippen LogP contribution in [0.1, 0.15) is 50.0 Å². The Morgan fingerprint density at radius 3 is 2.76 bits per heavy atom. The van der Waals surface area contributed by atoms with Crippen LogP contribution >= 0.6 is 11.3 Å². The first-order chi connectivity index (χ1) is 8.29. The molecule has 0 amide bonds. The van der Waals surface area contributed by atoms with E-state index in [0.717, 1.165) is 18.4 Å². The highest BCUT2D eigenvalue weighted by atomic mass is 32.1. The summed E-state index contributed by atoms with van der Waals surface area (Å²) < 4.78 is 0. The van der Waals surface area contributed by atoms with Gasteiger partial charge in [-0.25, -0.2) is 0 Å². The molecule has 1 nitrogen and oxygen atoms in total. The summed E-state index contributed by atoms with van der Waals surface area (Å²) in [5, 5.41) is 5.88. The maximum Gasteiger partial charge on any atom is 0.0302 e. The third-order valence-electron chi connectivity index (χ3n) is 4.07. The zero-order valence-corrected chi connectivity index (χ0v) is 12.0. The third kappa shape index (κ3) is 3.82. The maximum atomic E-state index is 3.66. The monoisotopic (exact) mass is 251 g/mol. The van der Waals surface area contributed by atoms with Crippen molar-refractivity contribution in [2.24, 2.45) is 11.8 Å². The first-order valence-electron chi connectivity index (χ1n) is 7.05. The highest BCUT2D eigenvalue weighted by Gasteiger charge is 2.17. The van der Waals surface area contributed by atoms with Crippen LogP contribution in [-0.2, 0) is 13.0 Å². The highest BCUT2D eigenvalue weighted by molar-refractivity contribution is 7.10.